The van der Waals surface area contributed by atoms with Crippen molar-refractivity contribution < 1.29 is 19.1 Å². The van der Waals surface area contributed by atoms with E-state index in [-0.39, 0.29) is 24.2 Å². The molecule has 1 saturated heterocycles. The predicted octanol–water partition coefficient (Wildman–Crippen LogP) is 3.05. The minimum absolute atomic E-state index is 0.0308. The molecule has 7 nitrogen and oxygen atoms in total. The number of amides is 2. The third kappa shape index (κ3) is 3.96. The molecule has 2 amide bonds. The molecule has 156 valence electrons. The second-order valence-corrected chi connectivity index (χ2v) is 7.39. The normalized spacial score (nSPS) is 16.1. The molecule has 1 N–H and O–H groups in total. The molecule has 0 bridgehead atoms. The van der Waals surface area contributed by atoms with Crippen molar-refractivity contribution in [2.45, 2.75) is 6.42 Å². The van der Waals surface area contributed by atoms with Gasteiger partial charge in [0.2, 0.25) is 11.8 Å². The molecule has 1 aliphatic rings. The van der Waals surface area contributed by atoms with Crippen molar-refractivity contribution in [1.82, 2.24) is 9.47 Å². The number of aromatic nitrogens is 1. The smallest absolute Gasteiger partial charge is 0.229 e. The van der Waals surface area contributed by atoms with Crippen molar-refractivity contribution >= 4 is 28.4 Å². The van der Waals surface area contributed by atoms with Crippen LogP contribution in [0, 0.1) is 5.92 Å². The highest BCUT2D eigenvalue weighted by molar-refractivity contribution is 6.03. The quantitative estimate of drug-likeness (QED) is 0.653. The Hall–Kier alpha value is -3.48. The fourth-order valence-electron chi connectivity index (χ4n) is 3.81. The van der Waals surface area contributed by atoms with E-state index in [1.54, 1.807) is 12.0 Å². The number of anilines is 1. The van der Waals surface area contributed by atoms with E-state index in [1.165, 1.54) is 0 Å². The Kier molecular flexibility index (Phi) is 5.61. The Labute approximate surface area is 175 Å². The summed E-state index contributed by atoms with van der Waals surface area (Å²) in [5.41, 5.74) is 1.81. The molecule has 1 aliphatic heterocycles. The first kappa shape index (κ1) is 19.8. The molecule has 1 aromatic heterocycles. The Balaban J connectivity index is 1.34. The Bertz CT molecular complexity index is 1080. The first-order valence-electron chi connectivity index (χ1n) is 9.95. The molecule has 2 aromatic carbocycles. The summed E-state index contributed by atoms with van der Waals surface area (Å²) in [6.45, 7) is 1.16. The monoisotopic (exact) mass is 407 g/mol. The number of likely N-dealkylation sites (tertiary alicyclic amines) is 1. The molecule has 0 saturated carbocycles. The number of nitrogens with zero attached hydrogens (tertiary/aromatic N) is 2. The van der Waals surface area contributed by atoms with Crippen LogP contribution in [-0.4, -0.2) is 48.1 Å². The molecule has 1 atom stereocenters. The highest BCUT2D eigenvalue weighted by Gasteiger charge is 2.34. The summed E-state index contributed by atoms with van der Waals surface area (Å²) in [6.07, 6.45) is 2.17. The summed E-state index contributed by atoms with van der Waals surface area (Å²) in [6, 6.07) is 15.2. The number of methoxy groups -OCH3 is 1. The molecule has 0 unspecified atom stereocenters. The van der Waals surface area contributed by atoms with E-state index in [1.807, 2.05) is 66.3 Å². The standard InChI is InChI=1S/C23H25N3O4/c1-25-11-10-17-18(6-5-7-19(17)25)24-23(28)16-14-22(27)26(15-16)12-13-30-21-9-4-3-8-20(21)29-2/h3-11,16H,12-15H2,1-2H3,(H,24,28)/t16-/m1/s1. The topological polar surface area (TPSA) is 72.8 Å². The number of nitrogens with one attached hydrogen (secondary N) is 1. The largest absolute Gasteiger partial charge is 0.493 e. The molecular weight excluding hydrogens is 382 g/mol. The lowest BCUT2D eigenvalue weighted by molar-refractivity contribution is -0.128. The summed E-state index contributed by atoms with van der Waals surface area (Å²) in [5.74, 6) is 0.752. The Morgan fingerprint density at radius 1 is 1.13 bits per heavy atom. The average molecular weight is 407 g/mol. The molecule has 1 fully saturated rings. The molecule has 0 radical (unpaired) electrons. The van der Waals surface area contributed by atoms with Gasteiger partial charge < -0.3 is 24.3 Å². The van der Waals surface area contributed by atoms with Crippen molar-refractivity contribution in [3.05, 3.63) is 54.7 Å². The van der Waals surface area contributed by atoms with Gasteiger partial charge in [-0.15, -0.1) is 0 Å². The molecule has 3 aromatic rings. The molecular formula is C23H25N3O4. The van der Waals surface area contributed by atoms with Crippen LogP contribution < -0.4 is 14.8 Å². The summed E-state index contributed by atoms with van der Waals surface area (Å²) >= 11 is 0. The summed E-state index contributed by atoms with van der Waals surface area (Å²) < 4.78 is 13.0. The van der Waals surface area contributed by atoms with E-state index < -0.39 is 0 Å². The van der Waals surface area contributed by atoms with Crippen LogP contribution >= 0.6 is 0 Å². The molecule has 30 heavy (non-hydrogen) atoms. The van der Waals surface area contributed by atoms with Gasteiger partial charge in [-0.3, -0.25) is 9.59 Å². The van der Waals surface area contributed by atoms with Gasteiger partial charge in [0.15, 0.2) is 11.5 Å². The zero-order chi connectivity index (χ0) is 21.1. The van der Waals surface area contributed by atoms with Crippen LogP contribution in [0.3, 0.4) is 0 Å². The predicted molar refractivity (Wildman–Crippen MR) is 115 cm³/mol. The van der Waals surface area contributed by atoms with Crippen LogP contribution in [0.25, 0.3) is 10.9 Å². The van der Waals surface area contributed by atoms with E-state index in [4.69, 9.17) is 9.47 Å². The maximum atomic E-state index is 12.8. The highest BCUT2D eigenvalue weighted by Crippen LogP contribution is 2.27. The first-order valence-corrected chi connectivity index (χ1v) is 9.95. The van der Waals surface area contributed by atoms with Gasteiger partial charge in [-0.1, -0.05) is 18.2 Å². The van der Waals surface area contributed by atoms with E-state index in [0.29, 0.717) is 31.2 Å². The van der Waals surface area contributed by atoms with Crippen molar-refractivity contribution in [2.75, 3.05) is 32.1 Å². The van der Waals surface area contributed by atoms with Crippen LogP contribution in [0.1, 0.15) is 6.42 Å². The number of rotatable bonds is 7. The van der Waals surface area contributed by atoms with Crippen LogP contribution in [0.5, 0.6) is 11.5 Å². The van der Waals surface area contributed by atoms with Crippen LogP contribution in [-0.2, 0) is 16.6 Å². The van der Waals surface area contributed by atoms with E-state index >= 15 is 0 Å². The number of hydrogen-bond acceptors (Lipinski definition) is 4. The fourth-order valence-corrected chi connectivity index (χ4v) is 3.81. The Morgan fingerprint density at radius 2 is 1.93 bits per heavy atom. The minimum Gasteiger partial charge on any atom is -0.493 e. The Morgan fingerprint density at radius 3 is 2.73 bits per heavy atom. The second-order valence-electron chi connectivity index (χ2n) is 7.39. The van der Waals surface area contributed by atoms with Gasteiger partial charge in [0.25, 0.3) is 0 Å². The lowest BCUT2D eigenvalue weighted by atomic mass is 10.1. The number of hydrogen-bond donors (Lipinski definition) is 1. The molecule has 7 heteroatoms. The lowest BCUT2D eigenvalue weighted by Crippen LogP contribution is -2.31. The molecule has 2 heterocycles. The van der Waals surface area contributed by atoms with Crippen LogP contribution in [0.4, 0.5) is 5.69 Å². The third-order valence-corrected chi connectivity index (χ3v) is 5.46. The summed E-state index contributed by atoms with van der Waals surface area (Å²) in [5, 5.41) is 3.99. The van der Waals surface area contributed by atoms with Gasteiger partial charge in [-0.05, 0) is 30.3 Å². The van der Waals surface area contributed by atoms with Crippen LogP contribution in [0.2, 0.25) is 0 Å². The highest BCUT2D eigenvalue weighted by atomic mass is 16.5. The zero-order valence-electron chi connectivity index (χ0n) is 17.1. The van der Waals surface area contributed by atoms with Gasteiger partial charge in [-0.25, -0.2) is 0 Å². The first-order chi connectivity index (χ1) is 14.6. The average Bonchev–Trinajstić information content (AvgIpc) is 3.32. The van der Waals surface area contributed by atoms with E-state index in [2.05, 4.69) is 5.32 Å². The van der Waals surface area contributed by atoms with Gasteiger partial charge in [0.1, 0.15) is 6.61 Å². The van der Waals surface area contributed by atoms with E-state index in [9.17, 15) is 9.59 Å². The summed E-state index contributed by atoms with van der Waals surface area (Å²) in [7, 11) is 3.56. The zero-order valence-corrected chi connectivity index (χ0v) is 17.1. The molecule has 4 rings (SSSR count). The van der Waals surface area contributed by atoms with Gasteiger partial charge in [0, 0.05) is 37.1 Å². The van der Waals surface area contributed by atoms with Crippen molar-refractivity contribution in [3.63, 3.8) is 0 Å². The number of benzene rings is 2. The maximum Gasteiger partial charge on any atom is 0.229 e. The molecule has 0 aliphatic carbocycles. The van der Waals surface area contributed by atoms with E-state index in [0.717, 1.165) is 16.6 Å². The number of para-hydroxylation sites is 2. The number of ether oxygens (including phenoxy) is 2. The van der Waals surface area contributed by atoms with Crippen molar-refractivity contribution in [3.8, 4) is 11.5 Å². The minimum atomic E-state index is -0.372. The van der Waals surface area contributed by atoms with Gasteiger partial charge >= 0.3 is 0 Å². The van der Waals surface area contributed by atoms with Crippen molar-refractivity contribution in [1.29, 1.82) is 0 Å². The number of fused-ring (bicyclic) bond motifs is 1. The molecule has 0 spiro atoms. The fraction of sp³-hybridized carbons (Fsp3) is 0.304. The van der Waals surface area contributed by atoms with Gasteiger partial charge in [0.05, 0.1) is 25.3 Å². The second kappa shape index (κ2) is 8.49. The van der Waals surface area contributed by atoms with Crippen molar-refractivity contribution in [2.24, 2.45) is 13.0 Å². The summed E-state index contributed by atoms with van der Waals surface area (Å²) in [4.78, 5) is 26.9. The number of carbonyl (C=O) groups is 2. The third-order valence-electron chi connectivity index (χ3n) is 5.46. The SMILES string of the molecule is COc1ccccc1OCCN1C[C@H](C(=O)Nc2cccc3c2ccn3C)CC1=O. The van der Waals surface area contributed by atoms with Crippen LogP contribution in [0.15, 0.2) is 54.7 Å². The maximum absolute atomic E-state index is 12.8. The number of aryl methyl sites for hydroxylation is 1. The lowest BCUT2D eigenvalue weighted by Gasteiger charge is -2.18. The number of carbonyl (C=O) groups excluding carboxylic acids is 2. The van der Waals surface area contributed by atoms with Gasteiger partial charge in [-0.2, -0.15) is 0 Å².